The van der Waals surface area contributed by atoms with Gasteiger partial charge in [0.15, 0.2) is 5.65 Å². The lowest BCUT2D eigenvalue weighted by molar-refractivity contribution is 0.957. The second-order valence-electron chi connectivity index (χ2n) is 3.71. The van der Waals surface area contributed by atoms with Gasteiger partial charge < -0.3 is 4.57 Å². The summed E-state index contributed by atoms with van der Waals surface area (Å²) in [6.07, 6.45) is 3.52. The highest BCUT2D eigenvalue weighted by Crippen LogP contribution is 2.22. The van der Waals surface area contributed by atoms with Crippen molar-refractivity contribution in [2.24, 2.45) is 7.05 Å². The largest absolute Gasteiger partial charge is 0.326 e. The average molecular weight is 245 g/mol. The summed E-state index contributed by atoms with van der Waals surface area (Å²) < 4.78 is 1.98. The van der Waals surface area contributed by atoms with Gasteiger partial charge in [-0.1, -0.05) is 11.6 Å². The number of halogens is 1. The molecule has 0 aliphatic heterocycles. The van der Waals surface area contributed by atoms with Crippen LogP contribution in [0.4, 0.5) is 0 Å². The number of fused-ring (bicyclic) bond motifs is 1. The number of imidazole rings is 1. The molecule has 0 unspecified atom stereocenters. The van der Waals surface area contributed by atoms with Crippen LogP contribution >= 0.6 is 11.6 Å². The molecule has 0 aromatic carbocycles. The summed E-state index contributed by atoms with van der Waals surface area (Å²) in [5, 5.41) is 0.452. The molecule has 5 heteroatoms. The SMILES string of the molecule is Cn1c(-c2cccnc2)nc2nc(Cl)ccc21. The molecule has 0 radical (unpaired) electrons. The van der Waals surface area contributed by atoms with Gasteiger partial charge in [-0.15, -0.1) is 0 Å². The molecule has 0 fully saturated rings. The molecule has 3 aromatic heterocycles. The number of pyridine rings is 2. The smallest absolute Gasteiger partial charge is 0.179 e. The molecule has 3 rings (SSSR count). The molecule has 0 spiro atoms. The monoisotopic (exact) mass is 244 g/mol. The van der Waals surface area contributed by atoms with Crippen molar-refractivity contribution >= 4 is 22.8 Å². The van der Waals surface area contributed by atoms with Gasteiger partial charge in [0.1, 0.15) is 11.0 Å². The minimum atomic E-state index is 0.452. The van der Waals surface area contributed by atoms with E-state index in [1.54, 1.807) is 18.5 Å². The molecular weight excluding hydrogens is 236 g/mol. The van der Waals surface area contributed by atoms with E-state index in [0.717, 1.165) is 16.9 Å². The Morgan fingerprint density at radius 1 is 1.18 bits per heavy atom. The van der Waals surface area contributed by atoms with E-state index in [2.05, 4.69) is 15.0 Å². The third kappa shape index (κ3) is 1.66. The summed E-state index contributed by atoms with van der Waals surface area (Å²) in [7, 11) is 1.95. The predicted octanol–water partition coefficient (Wildman–Crippen LogP) is 2.68. The molecule has 0 aliphatic rings. The fraction of sp³-hybridized carbons (Fsp3) is 0.0833. The van der Waals surface area contributed by atoms with Crippen molar-refractivity contribution in [2.75, 3.05) is 0 Å². The lowest BCUT2D eigenvalue weighted by Crippen LogP contribution is -1.92. The van der Waals surface area contributed by atoms with Crippen LogP contribution in [0.2, 0.25) is 5.15 Å². The minimum absolute atomic E-state index is 0.452. The molecule has 0 saturated heterocycles. The van der Waals surface area contributed by atoms with Gasteiger partial charge in [-0.2, -0.15) is 0 Å². The van der Waals surface area contributed by atoms with Crippen molar-refractivity contribution in [3.63, 3.8) is 0 Å². The zero-order valence-corrected chi connectivity index (χ0v) is 9.89. The molecule has 84 valence electrons. The van der Waals surface area contributed by atoms with E-state index in [-0.39, 0.29) is 0 Å². The van der Waals surface area contributed by atoms with Crippen LogP contribution in [0.1, 0.15) is 0 Å². The minimum Gasteiger partial charge on any atom is -0.326 e. The summed E-state index contributed by atoms with van der Waals surface area (Å²) in [5.74, 6) is 0.836. The molecule has 0 N–H and O–H groups in total. The van der Waals surface area contributed by atoms with E-state index in [1.807, 2.05) is 29.8 Å². The molecule has 3 aromatic rings. The fourth-order valence-corrected chi connectivity index (χ4v) is 1.95. The lowest BCUT2D eigenvalue weighted by Gasteiger charge is -2.00. The Kier molecular flexibility index (Phi) is 2.30. The molecule has 0 saturated carbocycles. The second-order valence-corrected chi connectivity index (χ2v) is 4.10. The first-order chi connectivity index (χ1) is 8.25. The molecule has 4 nitrogen and oxygen atoms in total. The summed E-state index contributed by atoms with van der Waals surface area (Å²) in [6.45, 7) is 0. The van der Waals surface area contributed by atoms with Gasteiger partial charge in [-0.3, -0.25) is 4.98 Å². The van der Waals surface area contributed by atoms with Gasteiger partial charge in [0.2, 0.25) is 0 Å². The van der Waals surface area contributed by atoms with Crippen LogP contribution in [0.3, 0.4) is 0 Å². The van der Waals surface area contributed by atoms with E-state index < -0.39 is 0 Å². The van der Waals surface area contributed by atoms with Crippen molar-refractivity contribution in [2.45, 2.75) is 0 Å². The lowest BCUT2D eigenvalue weighted by atomic mass is 10.3. The van der Waals surface area contributed by atoms with E-state index >= 15 is 0 Å². The summed E-state index contributed by atoms with van der Waals surface area (Å²) in [4.78, 5) is 12.8. The summed E-state index contributed by atoms with van der Waals surface area (Å²) in [5.41, 5.74) is 2.57. The number of aryl methyl sites for hydroxylation is 1. The van der Waals surface area contributed by atoms with Crippen LogP contribution in [0.25, 0.3) is 22.6 Å². The van der Waals surface area contributed by atoms with Crippen molar-refractivity contribution in [1.82, 2.24) is 19.5 Å². The van der Waals surface area contributed by atoms with Crippen LogP contribution in [0, 0.1) is 0 Å². The van der Waals surface area contributed by atoms with E-state index in [4.69, 9.17) is 11.6 Å². The maximum atomic E-state index is 5.85. The van der Waals surface area contributed by atoms with E-state index in [0.29, 0.717) is 10.8 Å². The Hall–Kier alpha value is -1.94. The molecule has 0 amide bonds. The van der Waals surface area contributed by atoms with Gasteiger partial charge in [0.25, 0.3) is 0 Å². The maximum Gasteiger partial charge on any atom is 0.179 e. The van der Waals surface area contributed by atoms with Crippen molar-refractivity contribution in [3.05, 3.63) is 41.8 Å². The van der Waals surface area contributed by atoms with Gasteiger partial charge in [-0.05, 0) is 24.3 Å². The Morgan fingerprint density at radius 2 is 2.06 bits per heavy atom. The quantitative estimate of drug-likeness (QED) is 0.618. The normalized spacial score (nSPS) is 10.9. The molecule has 0 atom stereocenters. The highest BCUT2D eigenvalue weighted by atomic mass is 35.5. The standard InChI is InChI=1S/C12H9ClN4/c1-17-9-4-5-10(13)15-11(9)16-12(17)8-3-2-6-14-7-8/h2-7H,1H3. The van der Waals surface area contributed by atoms with Crippen LogP contribution in [0.5, 0.6) is 0 Å². The Balaban J connectivity index is 2.28. The first-order valence-electron chi connectivity index (χ1n) is 5.15. The van der Waals surface area contributed by atoms with Crippen molar-refractivity contribution in [3.8, 4) is 11.4 Å². The predicted molar refractivity (Wildman–Crippen MR) is 66.8 cm³/mol. The van der Waals surface area contributed by atoms with Gasteiger partial charge in [0, 0.05) is 25.0 Å². The average Bonchev–Trinajstić information content (AvgIpc) is 2.67. The van der Waals surface area contributed by atoms with E-state index in [1.165, 1.54) is 0 Å². The first kappa shape index (κ1) is 10.2. The second kappa shape index (κ2) is 3.82. The van der Waals surface area contributed by atoms with Gasteiger partial charge in [-0.25, -0.2) is 9.97 Å². The maximum absolute atomic E-state index is 5.85. The number of hydrogen-bond acceptors (Lipinski definition) is 3. The molecule has 0 bridgehead atoms. The number of aromatic nitrogens is 4. The van der Waals surface area contributed by atoms with Gasteiger partial charge in [0.05, 0.1) is 5.52 Å². The molecule has 0 aliphatic carbocycles. The molecule has 17 heavy (non-hydrogen) atoms. The van der Waals surface area contributed by atoms with Crippen molar-refractivity contribution < 1.29 is 0 Å². The van der Waals surface area contributed by atoms with Crippen LogP contribution < -0.4 is 0 Å². The summed E-state index contributed by atoms with van der Waals surface area (Å²) in [6, 6.07) is 7.53. The van der Waals surface area contributed by atoms with Gasteiger partial charge >= 0.3 is 0 Å². The van der Waals surface area contributed by atoms with Crippen molar-refractivity contribution in [1.29, 1.82) is 0 Å². The van der Waals surface area contributed by atoms with Crippen LogP contribution in [-0.4, -0.2) is 19.5 Å². The Bertz CT molecular complexity index is 676. The Morgan fingerprint density at radius 3 is 2.82 bits per heavy atom. The fourth-order valence-electron chi connectivity index (χ4n) is 1.80. The highest BCUT2D eigenvalue weighted by molar-refractivity contribution is 6.29. The van der Waals surface area contributed by atoms with E-state index in [9.17, 15) is 0 Å². The van der Waals surface area contributed by atoms with Crippen LogP contribution in [0.15, 0.2) is 36.7 Å². The third-order valence-corrected chi connectivity index (χ3v) is 2.84. The number of rotatable bonds is 1. The molecular formula is C12H9ClN4. The summed E-state index contributed by atoms with van der Waals surface area (Å²) >= 11 is 5.85. The Labute approximate surface area is 103 Å². The van der Waals surface area contributed by atoms with Crippen LogP contribution in [-0.2, 0) is 7.05 Å². The third-order valence-electron chi connectivity index (χ3n) is 2.63. The first-order valence-corrected chi connectivity index (χ1v) is 5.53. The zero-order chi connectivity index (χ0) is 11.8. The molecule has 3 heterocycles. The zero-order valence-electron chi connectivity index (χ0n) is 9.13. The number of hydrogen-bond donors (Lipinski definition) is 0. The highest BCUT2D eigenvalue weighted by Gasteiger charge is 2.10. The number of nitrogens with zero attached hydrogens (tertiary/aromatic N) is 4. The topological polar surface area (TPSA) is 43.6 Å².